The largest absolute Gasteiger partial charge is 0.357 e. The zero-order chi connectivity index (χ0) is 19.7. The molecule has 2 N–H and O–H groups in total. The van der Waals surface area contributed by atoms with Gasteiger partial charge in [0.2, 0.25) is 0 Å². The number of rotatable bonds is 10. The van der Waals surface area contributed by atoms with Gasteiger partial charge < -0.3 is 15.5 Å². The molecule has 0 aliphatic rings. The highest BCUT2D eigenvalue weighted by Crippen LogP contribution is 2.17. The second kappa shape index (κ2) is 13.3. The molecule has 0 saturated carbocycles. The number of likely N-dealkylation sites (N-methyl/N-ethyl adjacent to an activating group) is 1. The number of aromatic nitrogens is 2. The first-order valence-corrected chi connectivity index (χ1v) is 9.69. The summed E-state index contributed by atoms with van der Waals surface area (Å²) in [6.45, 7) is 14.5. The van der Waals surface area contributed by atoms with Crippen molar-refractivity contribution < 1.29 is 0 Å². The molecule has 0 amide bonds. The van der Waals surface area contributed by atoms with Crippen LogP contribution in [0.1, 0.15) is 46.2 Å². The zero-order valence-electron chi connectivity index (χ0n) is 18.4. The maximum Gasteiger partial charge on any atom is 0.191 e. The van der Waals surface area contributed by atoms with Crippen LogP contribution in [-0.4, -0.2) is 77.9 Å². The minimum atomic E-state index is 0. The summed E-state index contributed by atoms with van der Waals surface area (Å²) in [5.41, 5.74) is 1.18. The predicted molar refractivity (Wildman–Crippen MR) is 126 cm³/mol. The number of nitrogens with zero attached hydrogens (tertiary/aromatic N) is 5. The third-order valence-electron chi connectivity index (χ3n) is 4.49. The molecular weight excluding hydrogens is 453 g/mol. The van der Waals surface area contributed by atoms with E-state index in [9.17, 15) is 0 Å². The number of hydrogen-bond acceptors (Lipinski definition) is 4. The van der Waals surface area contributed by atoms with Crippen LogP contribution in [0.2, 0.25) is 0 Å². The van der Waals surface area contributed by atoms with Crippen molar-refractivity contribution in [3.05, 3.63) is 18.0 Å². The number of nitrogens with one attached hydrogen (secondary N) is 2. The summed E-state index contributed by atoms with van der Waals surface area (Å²) in [5, 5.41) is 11.1. The molecule has 0 saturated heterocycles. The van der Waals surface area contributed by atoms with Crippen molar-refractivity contribution in [1.29, 1.82) is 0 Å². The van der Waals surface area contributed by atoms with E-state index in [1.54, 1.807) is 0 Å². The monoisotopic (exact) mass is 493 g/mol. The van der Waals surface area contributed by atoms with Crippen LogP contribution < -0.4 is 10.6 Å². The minimum absolute atomic E-state index is 0. The van der Waals surface area contributed by atoms with Gasteiger partial charge in [-0.3, -0.25) is 14.6 Å². The third kappa shape index (κ3) is 9.25. The van der Waals surface area contributed by atoms with Gasteiger partial charge in [0.15, 0.2) is 5.96 Å². The van der Waals surface area contributed by atoms with Crippen molar-refractivity contribution in [1.82, 2.24) is 30.2 Å². The van der Waals surface area contributed by atoms with Crippen molar-refractivity contribution in [2.75, 3.05) is 40.3 Å². The van der Waals surface area contributed by atoms with Gasteiger partial charge in [0.05, 0.1) is 18.8 Å². The average molecular weight is 493 g/mol. The van der Waals surface area contributed by atoms with Crippen LogP contribution in [0.25, 0.3) is 0 Å². The third-order valence-corrected chi connectivity index (χ3v) is 4.49. The first-order chi connectivity index (χ1) is 12.3. The maximum absolute atomic E-state index is 4.80. The summed E-state index contributed by atoms with van der Waals surface area (Å²) in [5.74, 6) is 0.871. The van der Waals surface area contributed by atoms with Crippen molar-refractivity contribution >= 4 is 29.9 Å². The molecule has 0 spiro atoms. The molecule has 8 heteroatoms. The van der Waals surface area contributed by atoms with Crippen LogP contribution in [0.3, 0.4) is 0 Å². The second-order valence-electron chi connectivity index (χ2n) is 7.50. The first-order valence-electron chi connectivity index (χ1n) is 9.69. The van der Waals surface area contributed by atoms with Crippen LogP contribution in [0, 0.1) is 0 Å². The van der Waals surface area contributed by atoms with Crippen molar-refractivity contribution in [2.45, 2.75) is 52.7 Å². The van der Waals surface area contributed by atoms with Gasteiger partial charge in [-0.05, 0) is 48.7 Å². The van der Waals surface area contributed by atoms with Crippen LogP contribution in [0.15, 0.2) is 17.4 Å². The van der Waals surface area contributed by atoms with Crippen LogP contribution in [0.4, 0.5) is 0 Å². The van der Waals surface area contributed by atoms with Crippen molar-refractivity contribution in [3.8, 4) is 0 Å². The van der Waals surface area contributed by atoms with Gasteiger partial charge in [0.25, 0.3) is 0 Å². The Hall–Kier alpha value is -0.870. The Kier molecular flexibility index (Phi) is 12.9. The van der Waals surface area contributed by atoms with Gasteiger partial charge in [-0.15, -0.1) is 24.0 Å². The lowest BCUT2D eigenvalue weighted by atomic mass is 10.1. The van der Waals surface area contributed by atoms with E-state index in [0.29, 0.717) is 18.6 Å². The van der Waals surface area contributed by atoms with E-state index >= 15 is 0 Å². The molecule has 0 aliphatic heterocycles. The smallest absolute Gasteiger partial charge is 0.191 e. The topological polar surface area (TPSA) is 60.7 Å². The Labute approximate surface area is 183 Å². The zero-order valence-corrected chi connectivity index (χ0v) is 20.7. The Morgan fingerprint density at radius 3 is 2.26 bits per heavy atom. The molecule has 0 aromatic carbocycles. The molecule has 1 aromatic heterocycles. The fourth-order valence-corrected chi connectivity index (χ4v) is 3.11. The average Bonchev–Trinajstić information content (AvgIpc) is 2.96. The Balaban J connectivity index is 0.00000676. The highest BCUT2D eigenvalue weighted by atomic mass is 127. The van der Waals surface area contributed by atoms with Gasteiger partial charge >= 0.3 is 0 Å². The molecule has 1 heterocycles. The lowest BCUT2D eigenvalue weighted by Gasteiger charge is -2.30. The van der Waals surface area contributed by atoms with Gasteiger partial charge in [0.1, 0.15) is 0 Å². The molecule has 0 radical (unpaired) electrons. The number of guanidine groups is 1. The van der Waals surface area contributed by atoms with E-state index in [-0.39, 0.29) is 30.0 Å². The Bertz CT molecular complexity index is 532. The van der Waals surface area contributed by atoms with E-state index in [1.807, 2.05) is 17.9 Å². The fraction of sp³-hybridized carbons (Fsp3) is 0.789. The summed E-state index contributed by atoms with van der Waals surface area (Å²) in [7, 11) is 6.10. The highest BCUT2D eigenvalue weighted by molar-refractivity contribution is 14.0. The van der Waals surface area contributed by atoms with Crippen LogP contribution in [-0.2, 0) is 7.05 Å². The molecular formula is C19H40IN7. The molecule has 1 aromatic rings. The standard InChI is InChI=1S/C19H39N7.HI/c1-9-20-19(21-10-11-26(15(2)3)16(4)5)22-13-18(24(6)7)17-12-23-25(8)14-17;/h12,14-16,18H,9-11,13H2,1-8H3,(H2,20,21,22);1H. The highest BCUT2D eigenvalue weighted by Gasteiger charge is 2.16. The summed E-state index contributed by atoms with van der Waals surface area (Å²) in [6, 6.07) is 1.29. The molecule has 27 heavy (non-hydrogen) atoms. The lowest BCUT2D eigenvalue weighted by molar-refractivity contribution is 0.178. The van der Waals surface area contributed by atoms with Crippen LogP contribution >= 0.6 is 24.0 Å². The molecule has 0 aliphatic carbocycles. The van der Waals surface area contributed by atoms with E-state index in [0.717, 1.165) is 25.6 Å². The Morgan fingerprint density at radius 1 is 1.19 bits per heavy atom. The number of aryl methyl sites for hydroxylation is 1. The van der Waals surface area contributed by atoms with Crippen LogP contribution in [0.5, 0.6) is 0 Å². The summed E-state index contributed by atoms with van der Waals surface area (Å²) >= 11 is 0. The van der Waals surface area contributed by atoms with Gasteiger partial charge in [-0.1, -0.05) is 0 Å². The normalized spacial score (nSPS) is 13.4. The number of hydrogen-bond donors (Lipinski definition) is 2. The van der Waals surface area contributed by atoms with Gasteiger partial charge in [0, 0.05) is 50.5 Å². The summed E-state index contributed by atoms with van der Waals surface area (Å²) in [6.07, 6.45) is 3.98. The number of halogens is 1. The second-order valence-corrected chi connectivity index (χ2v) is 7.50. The van der Waals surface area contributed by atoms with Crippen molar-refractivity contribution in [2.24, 2.45) is 12.0 Å². The molecule has 1 atom stereocenters. The SMILES string of the molecule is CCNC(=NCC(c1cnn(C)c1)N(C)C)NCCN(C(C)C)C(C)C.I. The molecule has 1 rings (SSSR count). The van der Waals surface area contributed by atoms with Gasteiger partial charge in [-0.2, -0.15) is 5.10 Å². The summed E-state index contributed by atoms with van der Waals surface area (Å²) in [4.78, 5) is 9.47. The molecule has 0 bridgehead atoms. The van der Waals surface area contributed by atoms with E-state index < -0.39 is 0 Å². The van der Waals surface area contributed by atoms with Gasteiger partial charge in [-0.25, -0.2) is 0 Å². The van der Waals surface area contributed by atoms with E-state index in [2.05, 4.69) is 80.4 Å². The van der Waals surface area contributed by atoms with E-state index in [1.165, 1.54) is 5.56 Å². The quantitative estimate of drug-likeness (QED) is 0.298. The maximum atomic E-state index is 4.80. The van der Waals surface area contributed by atoms with E-state index in [4.69, 9.17) is 4.99 Å². The summed E-state index contributed by atoms with van der Waals surface area (Å²) < 4.78 is 1.84. The fourth-order valence-electron chi connectivity index (χ4n) is 3.11. The molecule has 158 valence electrons. The molecule has 1 unspecified atom stereocenters. The molecule has 0 fully saturated rings. The number of aliphatic imine (C=N–C) groups is 1. The molecule has 7 nitrogen and oxygen atoms in total. The minimum Gasteiger partial charge on any atom is -0.357 e. The van der Waals surface area contributed by atoms with Crippen molar-refractivity contribution in [3.63, 3.8) is 0 Å². The Morgan fingerprint density at radius 2 is 1.81 bits per heavy atom. The first kappa shape index (κ1) is 26.1. The lowest BCUT2D eigenvalue weighted by Crippen LogP contribution is -2.45. The predicted octanol–water partition coefficient (Wildman–Crippen LogP) is 2.31.